The normalized spacial score (nSPS) is 29.9. The number of hydrogen-bond acceptors (Lipinski definition) is 2. The number of nitrogens with two attached hydrogens (primary N) is 1. The molecule has 1 fully saturated rings. The summed E-state index contributed by atoms with van der Waals surface area (Å²) in [4.78, 5) is 10.8. The van der Waals surface area contributed by atoms with Crippen LogP contribution in [0.5, 0.6) is 0 Å². The molecule has 3 N–H and O–H groups in total. The average Bonchev–Trinajstić information content (AvgIpc) is 2.16. The predicted molar refractivity (Wildman–Crippen MR) is 55.9 cm³/mol. The average molecular weight is 199 g/mol. The lowest BCUT2D eigenvalue weighted by molar-refractivity contribution is -0.142. The fourth-order valence-corrected chi connectivity index (χ4v) is 2.27. The number of carboxylic acid groups (broad SMARTS) is 1. The lowest BCUT2D eigenvalue weighted by atomic mass is 9.79. The van der Waals surface area contributed by atoms with Crippen molar-refractivity contribution in [1.82, 2.24) is 0 Å². The molecule has 82 valence electrons. The Morgan fingerprint density at radius 1 is 1.43 bits per heavy atom. The maximum Gasteiger partial charge on any atom is 0.307 e. The first kappa shape index (κ1) is 11.5. The molecule has 1 rings (SSSR count). The third kappa shape index (κ3) is 3.29. The summed E-state index contributed by atoms with van der Waals surface area (Å²) in [5.74, 6) is 0.364. The molecule has 0 amide bonds. The lowest BCUT2D eigenvalue weighted by Gasteiger charge is -2.27. The van der Waals surface area contributed by atoms with E-state index in [1.807, 2.05) is 0 Å². The van der Waals surface area contributed by atoms with Gasteiger partial charge in [0.05, 0.1) is 5.92 Å². The van der Waals surface area contributed by atoms with Gasteiger partial charge in [-0.15, -0.1) is 0 Å². The molecule has 1 aliphatic rings. The van der Waals surface area contributed by atoms with Crippen molar-refractivity contribution in [3.05, 3.63) is 0 Å². The number of carboxylic acids is 1. The van der Waals surface area contributed by atoms with Crippen LogP contribution in [0, 0.1) is 17.8 Å². The molecule has 0 radical (unpaired) electrons. The first-order chi connectivity index (χ1) is 6.63. The van der Waals surface area contributed by atoms with Gasteiger partial charge in [0.2, 0.25) is 0 Å². The summed E-state index contributed by atoms with van der Waals surface area (Å²) >= 11 is 0. The van der Waals surface area contributed by atoms with E-state index in [4.69, 9.17) is 10.8 Å². The van der Waals surface area contributed by atoms with Gasteiger partial charge in [0, 0.05) is 6.54 Å². The van der Waals surface area contributed by atoms with Crippen LogP contribution in [0.4, 0.5) is 0 Å². The van der Waals surface area contributed by atoms with Crippen LogP contribution in [-0.4, -0.2) is 17.6 Å². The minimum atomic E-state index is -0.730. The Labute approximate surface area is 85.7 Å². The van der Waals surface area contributed by atoms with E-state index in [0.717, 1.165) is 12.3 Å². The zero-order chi connectivity index (χ0) is 10.6. The zero-order valence-electron chi connectivity index (χ0n) is 8.91. The van der Waals surface area contributed by atoms with Gasteiger partial charge in [0.15, 0.2) is 0 Å². The van der Waals surface area contributed by atoms with Crippen molar-refractivity contribution >= 4 is 5.97 Å². The Morgan fingerprint density at radius 2 is 2.00 bits per heavy atom. The molecule has 1 unspecified atom stereocenters. The monoisotopic (exact) mass is 199 g/mol. The van der Waals surface area contributed by atoms with E-state index in [2.05, 4.69) is 6.92 Å². The summed E-state index contributed by atoms with van der Waals surface area (Å²) in [6.45, 7) is 2.55. The fourth-order valence-electron chi connectivity index (χ4n) is 2.27. The molecule has 0 heterocycles. The van der Waals surface area contributed by atoms with E-state index < -0.39 is 5.97 Å². The molecular weight excluding hydrogens is 178 g/mol. The van der Waals surface area contributed by atoms with Crippen LogP contribution in [-0.2, 0) is 4.79 Å². The van der Waals surface area contributed by atoms with Gasteiger partial charge in [0.25, 0.3) is 0 Å². The van der Waals surface area contributed by atoms with Crippen molar-refractivity contribution in [2.45, 2.75) is 39.0 Å². The molecule has 0 aromatic rings. The number of hydrogen-bond donors (Lipinski definition) is 2. The number of aliphatic carboxylic acids is 1. The molecule has 0 aromatic heterocycles. The maximum atomic E-state index is 10.8. The quantitative estimate of drug-likeness (QED) is 0.726. The van der Waals surface area contributed by atoms with Crippen LogP contribution in [0.25, 0.3) is 0 Å². The fraction of sp³-hybridized carbons (Fsp3) is 0.909. The minimum Gasteiger partial charge on any atom is -0.481 e. The third-order valence-electron chi connectivity index (χ3n) is 3.39. The first-order valence-corrected chi connectivity index (χ1v) is 5.56. The highest BCUT2D eigenvalue weighted by Crippen LogP contribution is 2.32. The zero-order valence-corrected chi connectivity index (χ0v) is 8.91. The Kier molecular flexibility index (Phi) is 4.39. The molecule has 3 heteroatoms. The van der Waals surface area contributed by atoms with Gasteiger partial charge in [-0.3, -0.25) is 4.79 Å². The summed E-state index contributed by atoms with van der Waals surface area (Å²) in [7, 11) is 0. The summed E-state index contributed by atoms with van der Waals surface area (Å²) < 4.78 is 0. The Hall–Kier alpha value is -0.570. The largest absolute Gasteiger partial charge is 0.481 e. The molecule has 0 saturated heterocycles. The highest BCUT2D eigenvalue weighted by atomic mass is 16.4. The van der Waals surface area contributed by atoms with Gasteiger partial charge in [-0.2, -0.15) is 0 Å². The first-order valence-electron chi connectivity index (χ1n) is 5.56. The molecule has 1 saturated carbocycles. The van der Waals surface area contributed by atoms with E-state index in [-0.39, 0.29) is 12.5 Å². The second kappa shape index (κ2) is 5.35. The second-order valence-electron chi connectivity index (χ2n) is 4.63. The van der Waals surface area contributed by atoms with E-state index in [1.165, 1.54) is 25.7 Å². The van der Waals surface area contributed by atoms with Crippen LogP contribution in [0.3, 0.4) is 0 Å². The summed E-state index contributed by atoms with van der Waals surface area (Å²) in [6, 6.07) is 0. The Balaban J connectivity index is 2.32. The molecule has 1 atom stereocenters. The molecule has 0 aromatic carbocycles. The minimum absolute atomic E-state index is 0.279. The molecular formula is C11H21NO2. The van der Waals surface area contributed by atoms with Crippen LogP contribution in [0.15, 0.2) is 0 Å². The van der Waals surface area contributed by atoms with E-state index >= 15 is 0 Å². The SMILES string of the molecule is CC1CCC(CC(CN)C(=O)O)CC1. The van der Waals surface area contributed by atoms with Crippen molar-refractivity contribution < 1.29 is 9.90 Å². The highest BCUT2D eigenvalue weighted by Gasteiger charge is 2.24. The maximum absolute atomic E-state index is 10.8. The summed E-state index contributed by atoms with van der Waals surface area (Å²) in [5.41, 5.74) is 5.44. The molecule has 1 aliphatic carbocycles. The van der Waals surface area contributed by atoms with E-state index in [0.29, 0.717) is 5.92 Å². The summed E-state index contributed by atoms with van der Waals surface area (Å²) in [6.07, 6.45) is 5.65. The van der Waals surface area contributed by atoms with Crippen LogP contribution in [0.1, 0.15) is 39.0 Å². The van der Waals surface area contributed by atoms with Crippen molar-refractivity contribution in [3.8, 4) is 0 Å². The molecule has 0 bridgehead atoms. The third-order valence-corrected chi connectivity index (χ3v) is 3.39. The van der Waals surface area contributed by atoms with Gasteiger partial charge < -0.3 is 10.8 Å². The van der Waals surface area contributed by atoms with Crippen LogP contribution < -0.4 is 5.73 Å². The second-order valence-corrected chi connectivity index (χ2v) is 4.63. The lowest BCUT2D eigenvalue weighted by Crippen LogP contribution is -2.27. The van der Waals surface area contributed by atoms with Gasteiger partial charge in [-0.25, -0.2) is 0 Å². The van der Waals surface area contributed by atoms with Crippen molar-refractivity contribution in [3.63, 3.8) is 0 Å². The molecule has 14 heavy (non-hydrogen) atoms. The van der Waals surface area contributed by atoms with Gasteiger partial charge >= 0.3 is 5.97 Å². The molecule has 3 nitrogen and oxygen atoms in total. The van der Waals surface area contributed by atoms with Crippen molar-refractivity contribution in [2.75, 3.05) is 6.54 Å². The van der Waals surface area contributed by atoms with Gasteiger partial charge in [-0.1, -0.05) is 32.6 Å². The van der Waals surface area contributed by atoms with Crippen LogP contribution >= 0.6 is 0 Å². The van der Waals surface area contributed by atoms with Crippen molar-refractivity contribution in [1.29, 1.82) is 0 Å². The van der Waals surface area contributed by atoms with Gasteiger partial charge in [-0.05, 0) is 18.3 Å². The highest BCUT2D eigenvalue weighted by molar-refractivity contribution is 5.70. The van der Waals surface area contributed by atoms with Crippen molar-refractivity contribution in [2.24, 2.45) is 23.5 Å². The topological polar surface area (TPSA) is 63.3 Å². The smallest absolute Gasteiger partial charge is 0.307 e. The number of carbonyl (C=O) groups is 1. The predicted octanol–water partition coefficient (Wildman–Crippen LogP) is 1.86. The van der Waals surface area contributed by atoms with Gasteiger partial charge in [0.1, 0.15) is 0 Å². The molecule has 0 aliphatic heterocycles. The Bertz CT molecular complexity index is 186. The molecule has 0 spiro atoms. The van der Waals surface area contributed by atoms with E-state index in [9.17, 15) is 4.79 Å². The summed E-state index contributed by atoms with van der Waals surface area (Å²) in [5, 5.41) is 8.88. The van der Waals surface area contributed by atoms with Crippen LogP contribution in [0.2, 0.25) is 0 Å². The number of rotatable bonds is 4. The standard InChI is InChI=1S/C11H21NO2/c1-8-2-4-9(5-3-8)6-10(7-12)11(13)14/h8-10H,2-7,12H2,1H3,(H,13,14). The van der Waals surface area contributed by atoms with E-state index in [1.54, 1.807) is 0 Å². The Morgan fingerprint density at radius 3 is 2.43 bits per heavy atom.